The zero-order valence-electron chi connectivity index (χ0n) is 38.0. The molecule has 0 aromatic rings. The maximum atomic E-state index is 12.6. The number of rotatable bonds is 38. The summed E-state index contributed by atoms with van der Waals surface area (Å²) in [6.45, 7) is -3.08. The van der Waals surface area contributed by atoms with Crippen LogP contribution in [0, 0.1) is 0 Å². The SMILES string of the molecule is [2H]C([2H])([2H])C([2H])([2H])C([2H])([2H])CCCCC/C=C\CCCCCCCC(=O)O[C@H](COC(=O)CCCCCCCCCCCCCC)COP(=O)(O)OCC(O)CO. The van der Waals surface area contributed by atoms with E-state index < -0.39 is 71.4 Å². The molecule has 11 heteroatoms. The molecule has 0 saturated heterocycles. The van der Waals surface area contributed by atoms with E-state index in [-0.39, 0.29) is 25.9 Å². The van der Waals surface area contributed by atoms with Crippen molar-refractivity contribution in [2.24, 2.45) is 0 Å². The molecule has 0 aliphatic carbocycles. The van der Waals surface area contributed by atoms with Crippen molar-refractivity contribution >= 4 is 19.8 Å². The van der Waals surface area contributed by atoms with Crippen LogP contribution in [0.2, 0.25) is 0 Å². The number of aliphatic hydroxyl groups excluding tert-OH is 2. The first-order valence-corrected chi connectivity index (χ1v) is 20.8. The fourth-order valence-electron chi connectivity index (χ4n) is 5.19. The Hall–Kier alpha value is -1.29. The molecule has 0 aliphatic rings. The highest BCUT2D eigenvalue weighted by atomic mass is 31.2. The fraction of sp³-hybridized carbons (Fsp3) is 0.897. The third kappa shape index (κ3) is 35.1. The Labute approximate surface area is 314 Å². The number of carbonyl (C=O) groups excluding carboxylic acids is 2. The molecule has 0 aromatic heterocycles. The predicted octanol–water partition coefficient (Wildman–Crippen LogP) is 10.1. The van der Waals surface area contributed by atoms with Crippen molar-refractivity contribution in [1.82, 2.24) is 0 Å². The predicted molar refractivity (Wildman–Crippen MR) is 201 cm³/mol. The Balaban J connectivity index is 4.40. The van der Waals surface area contributed by atoms with Gasteiger partial charge in [-0.3, -0.25) is 18.6 Å². The first-order valence-electron chi connectivity index (χ1n) is 22.8. The van der Waals surface area contributed by atoms with Crippen LogP contribution in [0.1, 0.15) is 197 Å². The molecule has 0 aromatic carbocycles. The van der Waals surface area contributed by atoms with Gasteiger partial charge in [0.15, 0.2) is 6.10 Å². The largest absolute Gasteiger partial charge is 0.472 e. The summed E-state index contributed by atoms with van der Waals surface area (Å²) in [5.41, 5.74) is 0. The molecule has 0 aliphatic heterocycles. The average molecular weight is 742 g/mol. The number of ether oxygens (including phenoxy) is 2. The van der Waals surface area contributed by atoms with Crippen molar-refractivity contribution in [3.05, 3.63) is 12.2 Å². The van der Waals surface area contributed by atoms with Crippen LogP contribution in [0.5, 0.6) is 0 Å². The number of unbranched alkanes of at least 4 members (excludes halogenated alkanes) is 19. The summed E-state index contributed by atoms with van der Waals surface area (Å²) < 4.78 is 85.5. The smallest absolute Gasteiger partial charge is 0.462 e. The number of phosphoric acid groups is 1. The van der Waals surface area contributed by atoms with Gasteiger partial charge in [0, 0.05) is 22.4 Å². The third-order valence-corrected chi connectivity index (χ3v) is 9.16. The molecular weight excluding hydrogens is 659 g/mol. The van der Waals surface area contributed by atoms with Crippen LogP contribution in [-0.4, -0.2) is 65.7 Å². The van der Waals surface area contributed by atoms with Gasteiger partial charge in [-0.2, -0.15) is 0 Å². The number of phosphoric ester groups is 1. The summed E-state index contributed by atoms with van der Waals surface area (Å²) >= 11 is 0. The molecule has 0 spiro atoms. The van der Waals surface area contributed by atoms with Gasteiger partial charge in [-0.15, -0.1) is 0 Å². The molecule has 0 radical (unpaired) electrons. The summed E-state index contributed by atoms with van der Waals surface area (Å²) in [6.07, 6.45) is 18.2. The van der Waals surface area contributed by atoms with Crippen LogP contribution in [0.3, 0.4) is 0 Å². The quantitative estimate of drug-likeness (QED) is 0.0242. The summed E-state index contributed by atoms with van der Waals surface area (Å²) in [4.78, 5) is 34.9. The second-order valence-corrected chi connectivity index (χ2v) is 14.5. The van der Waals surface area contributed by atoms with E-state index in [1.54, 1.807) is 0 Å². The molecule has 0 heterocycles. The molecular formula is C39H75O10P. The van der Waals surface area contributed by atoms with Crippen molar-refractivity contribution in [3.63, 3.8) is 0 Å². The van der Waals surface area contributed by atoms with E-state index in [1.807, 2.05) is 0 Å². The zero-order valence-corrected chi connectivity index (χ0v) is 31.9. The normalized spacial score (nSPS) is 17.0. The number of hydrogen-bond acceptors (Lipinski definition) is 9. The lowest BCUT2D eigenvalue weighted by atomic mass is 10.0. The summed E-state index contributed by atoms with van der Waals surface area (Å²) in [5.74, 6) is -1.04. The minimum Gasteiger partial charge on any atom is -0.462 e. The molecule has 0 saturated carbocycles. The lowest BCUT2D eigenvalue weighted by Crippen LogP contribution is -2.29. The number of esters is 2. The fourth-order valence-corrected chi connectivity index (χ4v) is 5.98. The Kier molecular flexibility index (Phi) is 26.7. The van der Waals surface area contributed by atoms with E-state index in [2.05, 4.69) is 23.6 Å². The maximum absolute atomic E-state index is 12.6. The van der Waals surface area contributed by atoms with Gasteiger partial charge in [0.05, 0.1) is 19.8 Å². The van der Waals surface area contributed by atoms with Crippen molar-refractivity contribution in [2.75, 3.05) is 26.4 Å². The maximum Gasteiger partial charge on any atom is 0.472 e. The minimum absolute atomic E-state index is 0.0987. The molecule has 0 amide bonds. The van der Waals surface area contributed by atoms with Gasteiger partial charge in [0.25, 0.3) is 0 Å². The van der Waals surface area contributed by atoms with Crippen LogP contribution >= 0.6 is 7.82 Å². The molecule has 50 heavy (non-hydrogen) atoms. The summed E-state index contributed by atoms with van der Waals surface area (Å²) in [7, 11) is -4.66. The van der Waals surface area contributed by atoms with Gasteiger partial charge in [-0.25, -0.2) is 4.57 Å². The number of carbonyl (C=O) groups is 2. The van der Waals surface area contributed by atoms with Crippen LogP contribution in [0.4, 0.5) is 0 Å². The van der Waals surface area contributed by atoms with Gasteiger partial charge < -0.3 is 24.6 Å². The Morgan fingerprint density at radius 3 is 1.72 bits per heavy atom. The summed E-state index contributed by atoms with van der Waals surface area (Å²) in [5, 5.41) is 18.3. The van der Waals surface area contributed by atoms with Crippen molar-refractivity contribution < 1.29 is 57.4 Å². The Morgan fingerprint density at radius 2 is 1.18 bits per heavy atom. The first kappa shape index (κ1) is 37.0. The zero-order chi connectivity index (χ0) is 43.1. The van der Waals surface area contributed by atoms with Crippen LogP contribution < -0.4 is 0 Å². The van der Waals surface area contributed by atoms with Gasteiger partial charge in [-0.1, -0.05) is 148 Å². The number of hydrogen-bond donors (Lipinski definition) is 3. The highest BCUT2D eigenvalue weighted by Crippen LogP contribution is 2.43. The van der Waals surface area contributed by atoms with Crippen LogP contribution in [0.25, 0.3) is 0 Å². The lowest BCUT2D eigenvalue weighted by Gasteiger charge is -2.20. The second-order valence-electron chi connectivity index (χ2n) is 13.0. The van der Waals surface area contributed by atoms with E-state index in [9.17, 15) is 24.2 Å². The van der Waals surface area contributed by atoms with Crippen LogP contribution in [0.15, 0.2) is 12.2 Å². The van der Waals surface area contributed by atoms with Gasteiger partial charge in [0.1, 0.15) is 12.7 Å². The summed E-state index contributed by atoms with van der Waals surface area (Å²) in [6, 6.07) is 0. The van der Waals surface area contributed by atoms with E-state index >= 15 is 0 Å². The third-order valence-electron chi connectivity index (χ3n) is 8.21. The standard InChI is InChI=1S/C39H75O10P/c1-3-5-7-9-11-13-15-17-18-19-21-23-25-27-29-31-39(43)49-37(35-48-50(44,45)47-33-36(41)32-40)34-46-38(42)30-28-26-24-22-20-16-14-12-10-8-6-4-2/h17-18,36-37,40-41H,3-16,19-35H2,1-2H3,(H,44,45)/b18-17-/t36?,37-/m1/s1/i1D3,3D2,5D2. The number of allylic oxidation sites excluding steroid dienone is 2. The molecule has 3 N–H and O–H groups in total. The van der Waals surface area contributed by atoms with E-state index in [0.29, 0.717) is 25.7 Å². The monoisotopic (exact) mass is 742 g/mol. The highest BCUT2D eigenvalue weighted by molar-refractivity contribution is 7.47. The molecule has 0 fully saturated rings. The molecule has 3 atom stereocenters. The van der Waals surface area contributed by atoms with Gasteiger partial charge in [0.2, 0.25) is 0 Å². The topological polar surface area (TPSA) is 149 Å². The number of aliphatic hydroxyl groups is 2. The van der Waals surface area contributed by atoms with Crippen molar-refractivity contribution in [3.8, 4) is 0 Å². The minimum atomic E-state index is -4.66. The van der Waals surface area contributed by atoms with Gasteiger partial charge in [-0.05, 0) is 38.5 Å². The van der Waals surface area contributed by atoms with E-state index in [4.69, 9.17) is 28.7 Å². The first-order chi connectivity index (χ1) is 26.9. The van der Waals surface area contributed by atoms with Crippen molar-refractivity contribution in [2.45, 2.75) is 199 Å². The molecule has 10 nitrogen and oxygen atoms in total. The Bertz CT molecular complexity index is 1110. The highest BCUT2D eigenvalue weighted by Gasteiger charge is 2.27. The van der Waals surface area contributed by atoms with Crippen molar-refractivity contribution in [1.29, 1.82) is 0 Å². The molecule has 296 valence electrons. The van der Waals surface area contributed by atoms with E-state index in [0.717, 1.165) is 64.2 Å². The van der Waals surface area contributed by atoms with E-state index in [1.165, 1.54) is 51.4 Å². The second kappa shape index (κ2) is 36.1. The molecule has 2 unspecified atom stereocenters. The Morgan fingerprint density at radius 1 is 0.700 bits per heavy atom. The molecule has 0 bridgehead atoms. The van der Waals surface area contributed by atoms with Gasteiger partial charge >= 0.3 is 19.8 Å². The lowest BCUT2D eigenvalue weighted by molar-refractivity contribution is -0.161. The average Bonchev–Trinajstić information content (AvgIpc) is 3.14. The molecule has 0 rings (SSSR count). The van der Waals surface area contributed by atoms with Crippen LogP contribution in [-0.2, 0) is 32.7 Å².